The summed E-state index contributed by atoms with van der Waals surface area (Å²) in [6.45, 7) is -0.0854. The molecule has 0 spiro atoms. The van der Waals surface area contributed by atoms with E-state index in [-0.39, 0.29) is 31.2 Å². The van der Waals surface area contributed by atoms with Crippen LogP contribution < -0.4 is 10.4 Å². The van der Waals surface area contributed by atoms with Gasteiger partial charge < -0.3 is 18.4 Å². The summed E-state index contributed by atoms with van der Waals surface area (Å²) < 4.78 is 33.7. The van der Waals surface area contributed by atoms with Gasteiger partial charge in [-0.1, -0.05) is 5.16 Å². The quantitative estimate of drug-likeness (QED) is 0.327. The average Bonchev–Trinajstić information content (AvgIpc) is 3.25. The molecule has 31 heavy (non-hydrogen) atoms. The number of aromatic nitrogens is 2. The van der Waals surface area contributed by atoms with Crippen LogP contribution in [0.3, 0.4) is 0 Å². The van der Waals surface area contributed by atoms with E-state index in [9.17, 15) is 14.0 Å². The molecule has 4 rings (SSSR count). The van der Waals surface area contributed by atoms with Gasteiger partial charge in [0.05, 0.1) is 13.5 Å². The lowest BCUT2D eigenvalue weighted by atomic mass is 10.1. The summed E-state index contributed by atoms with van der Waals surface area (Å²) in [4.78, 5) is 28.1. The molecule has 8 nitrogen and oxygen atoms in total. The zero-order valence-corrected chi connectivity index (χ0v) is 16.5. The topological polar surface area (TPSA) is 105 Å². The van der Waals surface area contributed by atoms with Gasteiger partial charge in [-0.05, 0) is 36.4 Å². The van der Waals surface area contributed by atoms with Crippen LogP contribution in [0.25, 0.3) is 22.4 Å². The van der Waals surface area contributed by atoms with Gasteiger partial charge in [-0.2, -0.15) is 4.98 Å². The molecule has 0 aliphatic heterocycles. The summed E-state index contributed by atoms with van der Waals surface area (Å²) in [7, 11) is 1.51. The number of hydrogen-bond donors (Lipinski definition) is 0. The second-order valence-electron chi connectivity index (χ2n) is 6.63. The van der Waals surface area contributed by atoms with Gasteiger partial charge in [0.1, 0.15) is 23.8 Å². The van der Waals surface area contributed by atoms with Gasteiger partial charge in [0.25, 0.3) is 0 Å². The van der Waals surface area contributed by atoms with Crippen LogP contribution in [0.1, 0.15) is 17.9 Å². The molecular weight excluding hydrogens is 407 g/mol. The van der Waals surface area contributed by atoms with Crippen LogP contribution in [0.4, 0.5) is 4.39 Å². The van der Waals surface area contributed by atoms with Gasteiger partial charge in [-0.15, -0.1) is 0 Å². The Bertz CT molecular complexity index is 1280. The van der Waals surface area contributed by atoms with Crippen LogP contribution in [0.5, 0.6) is 5.75 Å². The van der Waals surface area contributed by atoms with Crippen molar-refractivity contribution in [3.63, 3.8) is 0 Å². The third-order valence-corrected chi connectivity index (χ3v) is 4.54. The molecule has 0 fully saturated rings. The summed E-state index contributed by atoms with van der Waals surface area (Å²) in [5.74, 6) is 0.259. The molecule has 2 aromatic carbocycles. The summed E-state index contributed by atoms with van der Waals surface area (Å²) >= 11 is 0. The number of aryl methyl sites for hydroxylation is 1. The van der Waals surface area contributed by atoms with Gasteiger partial charge in [-0.3, -0.25) is 4.79 Å². The minimum atomic E-state index is -0.550. The standard InChI is InChI=1S/C22H17FN2O6/c1-28-16-6-7-17-14(10-21(27)30-18(17)11-16)12-29-20(26)9-8-19-24-22(25-31-19)13-2-4-15(23)5-3-13/h2-7,10-11H,8-9,12H2,1H3. The van der Waals surface area contributed by atoms with Crippen molar-refractivity contribution >= 4 is 16.9 Å². The number of carbonyl (C=O) groups is 1. The lowest BCUT2D eigenvalue weighted by Gasteiger charge is -2.08. The first-order valence-corrected chi connectivity index (χ1v) is 9.37. The van der Waals surface area contributed by atoms with Crippen LogP contribution in [-0.4, -0.2) is 23.2 Å². The maximum absolute atomic E-state index is 13.0. The fourth-order valence-electron chi connectivity index (χ4n) is 2.97. The number of halogens is 1. The fourth-order valence-corrected chi connectivity index (χ4v) is 2.97. The number of ether oxygens (including phenoxy) is 2. The van der Waals surface area contributed by atoms with Gasteiger partial charge >= 0.3 is 11.6 Å². The summed E-state index contributed by atoms with van der Waals surface area (Å²) in [5.41, 5.74) is 0.923. The van der Waals surface area contributed by atoms with E-state index in [1.807, 2.05) is 0 Å². The monoisotopic (exact) mass is 424 g/mol. The SMILES string of the molecule is COc1ccc2c(COC(=O)CCc3nc(-c4ccc(F)cc4)no3)cc(=O)oc2c1. The van der Waals surface area contributed by atoms with Crippen LogP contribution >= 0.6 is 0 Å². The Kier molecular flexibility index (Phi) is 5.74. The molecule has 0 saturated carbocycles. The Hall–Kier alpha value is -4.01. The van der Waals surface area contributed by atoms with Gasteiger partial charge in [0.2, 0.25) is 11.7 Å². The molecule has 4 aromatic rings. The second-order valence-corrected chi connectivity index (χ2v) is 6.63. The van der Waals surface area contributed by atoms with Crippen molar-refractivity contribution in [1.82, 2.24) is 10.1 Å². The molecule has 0 aliphatic carbocycles. The third kappa shape index (κ3) is 4.77. The summed E-state index contributed by atoms with van der Waals surface area (Å²) in [5, 5.41) is 4.48. The van der Waals surface area contributed by atoms with E-state index in [0.29, 0.717) is 33.7 Å². The molecule has 158 valence electrons. The Labute approximate surface area is 175 Å². The molecule has 0 N–H and O–H groups in total. The predicted octanol–water partition coefficient (Wildman–Crippen LogP) is 3.67. The highest BCUT2D eigenvalue weighted by atomic mass is 19.1. The van der Waals surface area contributed by atoms with Crippen LogP contribution in [0.15, 0.2) is 62.3 Å². The minimum Gasteiger partial charge on any atom is -0.497 e. The molecule has 2 heterocycles. The van der Waals surface area contributed by atoms with E-state index in [2.05, 4.69) is 10.1 Å². The molecule has 0 aliphatic rings. The largest absolute Gasteiger partial charge is 0.497 e. The fraction of sp³-hybridized carbons (Fsp3) is 0.182. The summed E-state index contributed by atoms with van der Waals surface area (Å²) in [6.07, 6.45) is 0.195. The van der Waals surface area contributed by atoms with E-state index in [4.69, 9.17) is 18.4 Å². The normalized spacial score (nSPS) is 10.9. The Balaban J connectivity index is 1.37. The van der Waals surface area contributed by atoms with Gasteiger partial charge in [-0.25, -0.2) is 9.18 Å². The van der Waals surface area contributed by atoms with Crippen molar-refractivity contribution in [3.8, 4) is 17.1 Å². The van der Waals surface area contributed by atoms with Crippen molar-refractivity contribution in [2.75, 3.05) is 7.11 Å². The minimum absolute atomic E-state index is 0.0122. The molecule has 0 unspecified atom stereocenters. The van der Waals surface area contributed by atoms with Crippen LogP contribution in [0.2, 0.25) is 0 Å². The second kappa shape index (κ2) is 8.78. The Morgan fingerprint density at radius 3 is 2.71 bits per heavy atom. The van der Waals surface area contributed by atoms with E-state index >= 15 is 0 Å². The van der Waals surface area contributed by atoms with Crippen molar-refractivity contribution in [2.24, 2.45) is 0 Å². The van der Waals surface area contributed by atoms with Gasteiger partial charge in [0, 0.05) is 35.1 Å². The van der Waals surface area contributed by atoms with E-state index < -0.39 is 11.6 Å². The first kappa shape index (κ1) is 20.3. The third-order valence-electron chi connectivity index (χ3n) is 4.54. The van der Waals surface area contributed by atoms with E-state index in [0.717, 1.165) is 0 Å². The highest BCUT2D eigenvalue weighted by Crippen LogP contribution is 2.23. The Morgan fingerprint density at radius 2 is 1.94 bits per heavy atom. The average molecular weight is 424 g/mol. The number of benzene rings is 2. The first-order valence-electron chi connectivity index (χ1n) is 9.37. The molecule has 2 aromatic heterocycles. The highest BCUT2D eigenvalue weighted by molar-refractivity contribution is 5.81. The van der Waals surface area contributed by atoms with Crippen LogP contribution in [0, 0.1) is 5.82 Å². The predicted molar refractivity (Wildman–Crippen MR) is 107 cm³/mol. The maximum atomic E-state index is 13.0. The lowest BCUT2D eigenvalue weighted by Crippen LogP contribution is -2.08. The first-order chi connectivity index (χ1) is 15.0. The number of fused-ring (bicyclic) bond motifs is 1. The zero-order chi connectivity index (χ0) is 21.8. The molecule has 0 amide bonds. The number of carbonyl (C=O) groups excluding carboxylic acids is 1. The molecular formula is C22H17FN2O6. The van der Waals surface area contributed by atoms with Crippen LogP contribution in [-0.2, 0) is 22.6 Å². The lowest BCUT2D eigenvalue weighted by molar-refractivity contribution is -0.145. The number of nitrogens with zero attached hydrogens (tertiary/aromatic N) is 2. The molecule has 0 radical (unpaired) electrons. The maximum Gasteiger partial charge on any atom is 0.336 e. The van der Waals surface area contributed by atoms with Crippen molar-refractivity contribution in [1.29, 1.82) is 0 Å². The van der Waals surface area contributed by atoms with E-state index in [1.165, 1.54) is 37.4 Å². The van der Waals surface area contributed by atoms with E-state index in [1.54, 1.807) is 18.2 Å². The number of hydrogen-bond acceptors (Lipinski definition) is 8. The van der Waals surface area contributed by atoms with Crippen molar-refractivity contribution < 1.29 is 27.6 Å². The Morgan fingerprint density at radius 1 is 1.13 bits per heavy atom. The molecule has 0 saturated heterocycles. The molecule has 0 atom stereocenters. The number of methoxy groups -OCH3 is 1. The van der Waals surface area contributed by atoms with Crippen molar-refractivity contribution in [2.45, 2.75) is 19.4 Å². The smallest absolute Gasteiger partial charge is 0.336 e. The molecule has 0 bridgehead atoms. The highest BCUT2D eigenvalue weighted by Gasteiger charge is 2.13. The summed E-state index contributed by atoms with van der Waals surface area (Å²) in [6, 6.07) is 12.0. The zero-order valence-electron chi connectivity index (χ0n) is 16.5. The molecule has 9 heteroatoms. The number of rotatable bonds is 7. The number of esters is 1. The van der Waals surface area contributed by atoms with Gasteiger partial charge in [0.15, 0.2) is 0 Å². The van der Waals surface area contributed by atoms with Crippen molar-refractivity contribution in [3.05, 3.63) is 76.2 Å².